The van der Waals surface area contributed by atoms with Gasteiger partial charge in [0.05, 0.1) is 4.70 Å². The van der Waals surface area contributed by atoms with Gasteiger partial charge >= 0.3 is 0 Å². The molecule has 3 nitrogen and oxygen atoms in total. The smallest absolute Gasteiger partial charge is 0.150 e. The van der Waals surface area contributed by atoms with Crippen molar-refractivity contribution >= 4 is 44.6 Å². The first-order valence-corrected chi connectivity index (χ1v) is 8.95. The third kappa shape index (κ3) is 2.82. The Morgan fingerprint density at radius 3 is 2.39 bits per heavy atom. The largest absolute Gasteiger partial charge is 0.359 e. The van der Waals surface area contributed by atoms with Crippen LogP contribution in [0.1, 0.15) is 5.56 Å². The van der Waals surface area contributed by atoms with E-state index >= 15 is 0 Å². The van der Waals surface area contributed by atoms with E-state index in [0.29, 0.717) is 0 Å². The Balaban J connectivity index is 1.48. The Bertz CT molecular complexity index is 820. The summed E-state index contributed by atoms with van der Waals surface area (Å²) in [6.45, 7) is 3.81. The highest BCUT2D eigenvalue weighted by molar-refractivity contribution is 7.80. The van der Waals surface area contributed by atoms with Crippen LogP contribution < -0.4 is 4.90 Å². The molecule has 4 rings (SSSR count). The quantitative estimate of drug-likeness (QED) is 0.661. The van der Waals surface area contributed by atoms with Gasteiger partial charge in [-0.05, 0) is 23.7 Å². The first-order valence-electron chi connectivity index (χ1n) is 7.76. The fourth-order valence-electron chi connectivity index (χ4n) is 2.99. The maximum Gasteiger partial charge on any atom is 0.150 e. The standard InChI is InChI=1S/C18H17N3S2/c22-18(14-6-2-1-3-7-14)21-12-10-20(11-13-21)17-15-8-4-5-9-16(15)23-19-17/h1-9H,10-13H2. The molecule has 2 aromatic carbocycles. The Labute approximate surface area is 145 Å². The van der Waals surface area contributed by atoms with Crippen LogP contribution >= 0.6 is 23.8 Å². The summed E-state index contributed by atoms with van der Waals surface area (Å²) < 4.78 is 5.92. The predicted octanol–water partition coefficient (Wildman–Crippen LogP) is 3.79. The van der Waals surface area contributed by atoms with Crippen molar-refractivity contribution < 1.29 is 0 Å². The summed E-state index contributed by atoms with van der Waals surface area (Å²) in [4.78, 5) is 5.63. The second-order valence-electron chi connectivity index (χ2n) is 5.65. The van der Waals surface area contributed by atoms with Crippen LogP contribution in [0, 0.1) is 0 Å². The maximum absolute atomic E-state index is 5.65. The van der Waals surface area contributed by atoms with Crippen LogP contribution in [-0.4, -0.2) is 40.4 Å². The van der Waals surface area contributed by atoms with E-state index in [1.165, 1.54) is 10.1 Å². The highest BCUT2D eigenvalue weighted by Gasteiger charge is 2.22. The molecule has 2 heterocycles. The molecule has 0 atom stereocenters. The third-order valence-electron chi connectivity index (χ3n) is 4.25. The van der Waals surface area contributed by atoms with E-state index in [0.717, 1.165) is 42.5 Å². The molecule has 1 aliphatic rings. The Kier molecular flexibility index (Phi) is 3.97. The molecule has 0 aliphatic carbocycles. The summed E-state index contributed by atoms with van der Waals surface area (Å²) in [6.07, 6.45) is 0. The Hall–Kier alpha value is -1.98. The highest BCUT2D eigenvalue weighted by Crippen LogP contribution is 2.29. The van der Waals surface area contributed by atoms with Crippen molar-refractivity contribution in [1.29, 1.82) is 0 Å². The van der Waals surface area contributed by atoms with E-state index in [2.05, 4.69) is 50.6 Å². The van der Waals surface area contributed by atoms with E-state index in [1.807, 2.05) is 18.2 Å². The van der Waals surface area contributed by atoms with Gasteiger partial charge in [0.25, 0.3) is 0 Å². The SMILES string of the molecule is S=C(c1ccccc1)N1CCN(c2nsc3ccccc23)CC1. The molecule has 0 spiro atoms. The van der Waals surface area contributed by atoms with Gasteiger partial charge in [-0.2, -0.15) is 4.37 Å². The summed E-state index contributed by atoms with van der Waals surface area (Å²) in [5, 5.41) is 1.26. The van der Waals surface area contributed by atoms with Crippen LogP contribution in [0.2, 0.25) is 0 Å². The van der Waals surface area contributed by atoms with Crippen LogP contribution in [0.3, 0.4) is 0 Å². The molecule has 1 aliphatic heterocycles. The number of hydrogen-bond donors (Lipinski definition) is 0. The molecule has 0 radical (unpaired) electrons. The fraction of sp³-hybridized carbons (Fsp3) is 0.222. The van der Waals surface area contributed by atoms with Gasteiger partial charge in [0.2, 0.25) is 0 Å². The predicted molar refractivity (Wildman–Crippen MR) is 102 cm³/mol. The molecule has 1 fully saturated rings. The van der Waals surface area contributed by atoms with Crippen molar-refractivity contribution in [2.24, 2.45) is 0 Å². The average Bonchev–Trinajstić information content (AvgIpc) is 3.06. The number of piperazine rings is 1. The first kappa shape index (κ1) is 14.6. The summed E-state index contributed by atoms with van der Waals surface area (Å²) in [7, 11) is 0. The first-order chi connectivity index (χ1) is 11.3. The maximum atomic E-state index is 5.65. The lowest BCUT2D eigenvalue weighted by atomic mass is 10.2. The van der Waals surface area contributed by atoms with Crippen LogP contribution in [0.25, 0.3) is 10.1 Å². The number of hydrogen-bond acceptors (Lipinski definition) is 4. The molecule has 0 amide bonds. The number of rotatable bonds is 2. The van der Waals surface area contributed by atoms with Crippen LogP contribution in [0.5, 0.6) is 0 Å². The molecule has 23 heavy (non-hydrogen) atoms. The molecule has 116 valence electrons. The van der Waals surface area contributed by atoms with E-state index in [9.17, 15) is 0 Å². The molecule has 1 saturated heterocycles. The Morgan fingerprint density at radius 1 is 0.913 bits per heavy atom. The van der Waals surface area contributed by atoms with Gasteiger partial charge in [-0.3, -0.25) is 0 Å². The van der Waals surface area contributed by atoms with Crippen LogP contribution in [0.15, 0.2) is 54.6 Å². The van der Waals surface area contributed by atoms with Crippen molar-refractivity contribution in [3.8, 4) is 0 Å². The van der Waals surface area contributed by atoms with E-state index in [1.54, 1.807) is 11.5 Å². The fourth-order valence-corrected chi connectivity index (χ4v) is 4.10. The van der Waals surface area contributed by atoms with Crippen LogP contribution in [-0.2, 0) is 0 Å². The van der Waals surface area contributed by atoms with Gasteiger partial charge in [0, 0.05) is 37.1 Å². The minimum atomic E-state index is 0.944. The zero-order valence-corrected chi connectivity index (χ0v) is 14.3. The van der Waals surface area contributed by atoms with Gasteiger partial charge in [0.15, 0.2) is 0 Å². The molecule has 3 aromatic rings. The molecule has 5 heteroatoms. The second kappa shape index (κ2) is 6.26. The molecule has 0 bridgehead atoms. The highest BCUT2D eigenvalue weighted by atomic mass is 32.1. The minimum absolute atomic E-state index is 0.944. The number of thiocarbonyl (C=S) groups is 1. The molecule has 0 unspecified atom stereocenters. The molecule has 0 N–H and O–H groups in total. The number of fused-ring (bicyclic) bond motifs is 1. The zero-order chi connectivity index (χ0) is 15.6. The normalized spacial score (nSPS) is 15.1. The number of benzene rings is 2. The summed E-state index contributed by atoms with van der Waals surface area (Å²) in [6, 6.07) is 18.7. The van der Waals surface area contributed by atoms with Gasteiger partial charge in [-0.1, -0.05) is 54.7 Å². The van der Waals surface area contributed by atoms with E-state index in [4.69, 9.17) is 12.2 Å². The summed E-state index contributed by atoms with van der Waals surface area (Å²) in [5.41, 5.74) is 1.13. The van der Waals surface area contributed by atoms with E-state index < -0.39 is 0 Å². The zero-order valence-electron chi connectivity index (χ0n) is 12.7. The molecular weight excluding hydrogens is 322 g/mol. The average molecular weight is 339 g/mol. The molecule has 0 saturated carbocycles. The van der Waals surface area contributed by atoms with Crippen molar-refractivity contribution in [2.75, 3.05) is 31.1 Å². The Morgan fingerprint density at radius 2 is 1.61 bits per heavy atom. The van der Waals surface area contributed by atoms with Crippen LogP contribution in [0.4, 0.5) is 5.82 Å². The van der Waals surface area contributed by atoms with Gasteiger partial charge in [-0.15, -0.1) is 0 Å². The summed E-state index contributed by atoms with van der Waals surface area (Å²) >= 11 is 7.23. The van der Waals surface area contributed by atoms with Gasteiger partial charge < -0.3 is 9.80 Å². The third-order valence-corrected chi connectivity index (χ3v) is 5.56. The lowest BCUT2D eigenvalue weighted by molar-refractivity contribution is 0.391. The van der Waals surface area contributed by atoms with Crippen molar-refractivity contribution in [3.63, 3.8) is 0 Å². The van der Waals surface area contributed by atoms with Gasteiger partial charge in [0.1, 0.15) is 10.8 Å². The van der Waals surface area contributed by atoms with Crippen molar-refractivity contribution in [3.05, 3.63) is 60.2 Å². The minimum Gasteiger partial charge on any atom is -0.359 e. The monoisotopic (exact) mass is 339 g/mol. The van der Waals surface area contributed by atoms with Crippen molar-refractivity contribution in [2.45, 2.75) is 0 Å². The van der Waals surface area contributed by atoms with Gasteiger partial charge in [-0.25, -0.2) is 0 Å². The number of nitrogens with zero attached hydrogens (tertiary/aromatic N) is 3. The number of anilines is 1. The second-order valence-corrected chi connectivity index (χ2v) is 6.84. The molecular formula is C18H17N3S2. The lowest BCUT2D eigenvalue weighted by Gasteiger charge is -2.36. The summed E-state index contributed by atoms with van der Waals surface area (Å²) in [5.74, 6) is 1.12. The topological polar surface area (TPSA) is 19.4 Å². The number of aromatic nitrogens is 1. The van der Waals surface area contributed by atoms with E-state index in [-0.39, 0.29) is 0 Å². The lowest BCUT2D eigenvalue weighted by Crippen LogP contribution is -2.48. The van der Waals surface area contributed by atoms with Crippen molar-refractivity contribution in [1.82, 2.24) is 9.27 Å². The molecule has 1 aromatic heterocycles.